The van der Waals surface area contributed by atoms with Crippen LogP contribution in [0.1, 0.15) is 40.4 Å². The zero-order valence-corrected chi connectivity index (χ0v) is 25.2. The molecular weight excluding hydrogens is 566 g/mol. The summed E-state index contributed by atoms with van der Waals surface area (Å²) in [4.78, 5) is 42.8. The van der Waals surface area contributed by atoms with E-state index in [0.29, 0.717) is 29.0 Å². The van der Waals surface area contributed by atoms with Gasteiger partial charge in [-0.3, -0.25) is 14.4 Å². The summed E-state index contributed by atoms with van der Waals surface area (Å²) in [6, 6.07) is 32.9. The van der Waals surface area contributed by atoms with E-state index < -0.39 is 17.4 Å². The highest BCUT2D eigenvalue weighted by molar-refractivity contribution is 6.07. The lowest BCUT2D eigenvalue weighted by molar-refractivity contribution is -0.139. The molecule has 0 unspecified atom stereocenters. The van der Waals surface area contributed by atoms with Gasteiger partial charge in [-0.25, -0.2) is 0 Å². The van der Waals surface area contributed by atoms with E-state index in [9.17, 15) is 24.6 Å². The van der Waals surface area contributed by atoms with Gasteiger partial charge in [0.15, 0.2) is 5.60 Å². The van der Waals surface area contributed by atoms with Crippen molar-refractivity contribution < 1.29 is 24.6 Å². The third-order valence-corrected chi connectivity index (χ3v) is 8.05. The number of benzene rings is 4. The summed E-state index contributed by atoms with van der Waals surface area (Å²) in [5.74, 6) is -1.50. The fourth-order valence-electron chi connectivity index (χ4n) is 5.64. The molecule has 4 aromatic carbocycles. The second-order valence-corrected chi connectivity index (χ2v) is 11.1. The molecule has 0 fully saturated rings. The third-order valence-electron chi connectivity index (χ3n) is 8.05. The van der Waals surface area contributed by atoms with Crippen LogP contribution in [0.15, 0.2) is 121 Å². The Labute approximate surface area is 263 Å². The number of carbonyl (C=O) groups excluding carboxylic acids is 3. The Morgan fingerprint density at radius 1 is 0.911 bits per heavy atom. The van der Waals surface area contributed by atoms with Crippen LogP contribution in [0, 0.1) is 5.92 Å². The predicted octanol–water partition coefficient (Wildman–Crippen LogP) is 5.28. The Bertz CT molecular complexity index is 1670. The molecule has 0 aliphatic carbocycles. The van der Waals surface area contributed by atoms with E-state index in [1.807, 2.05) is 66.7 Å². The molecule has 2 atom stereocenters. The molecule has 8 heteroatoms. The minimum atomic E-state index is -1.83. The highest BCUT2D eigenvalue weighted by Gasteiger charge is 2.52. The monoisotopic (exact) mass is 603 g/mol. The molecule has 230 valence electrons. The van der Waals surface area contributed by atoms with Gasteiger partial charge in [-0.05, 0) is 41.5 Å². The van der Waals surface area contributed by atoms with E-state index in [4.69, 9.17) is 0 Å². The van der Waals surface area contributed by atoms with Crippen LogP contribution < -0.4 is 10.2 Å². The number of para-hydroxylation sites is 1. The highest BCUT2D eigenvalue weighted by atomic mass is 16.3. The number of rotatable bonds is 12. The number of anilines is 2. The lowest BCUT2D eigenvalue weighted by atomic mass is 9.83. The maximum Gasteiger partial charge on any atom is 0.264 e. The molecular formula is C37H37N3O5. The number of aliphatic hydroxyl groups excluding tert-OH is 1. The maximum atomic E-state index is 13.9. The minimum absolute atomic E-state index is 0.0638. The number of hydrogen-bond acceptors (Lipinski definition) is 5. The van der Waals surface area contributed by atoms with Crippen LogP contribution in [0.5, 0.6) is 0 Å². The van der Waals surface area contributed by atoms with Gasteiger partial charge in [-0.1, -0.05) is 97.9 Å². The smallest absolute Gasteiger partial charge is 0.264 e. The van der Waals surface area contributed by atoms with Crippen LogP contribution in [0.2, 0.25) is 0 Å². The van der Waals surface area contributed by atoms with Crippen molar-refractivity contribution in [2.24, 2.45) is 5.92 Å². The number of carbonyl (C=O) groups is 3. The van der Waals surface area contributed by atoms with Gasteiger partial charge >= 0.3 is 0 Å². The fraction of sp³-hybridized carbons (Fsp3) is 0.216. The molecule has 1 heterocycles. The summed E-state index contributed by atoms with van der Waals surface area (Å²) in [5.41, 5.74) is 2.16. The van der Waals surface area contributed by atoms with E-state index in [-0.39, 0.29) is 37.9 Å². The SMILES string of the molecule is C[C@@H](/C=C/CC(=O)N(CCO)Cc1ccccc1)[C@]1(O)C(=O)N(Cc2cccc(NC(=O)c3ccccc3)c2)c2ccccc21. The molecule has 3 N–H and O–H groups in total. The van der Waals surface area contributed by atoms with E-state index in [2.05, 4.69) is 5.32 Å². The number of hydrogen-bond donors (Lipinski definition) is 3. The number of fused-ring (bicyclic) bond motifs is 1. The van der Waals surface area contributed by atoms with Gasteiger partial charge in [0.25, 0.3) is 11.8 Å². The van der Waals surface area contributed by atoms with Crippen molar-refractivity contribution in [3.05, 3.63) is 144 Å². The Morgan fingerprint density at radius 3 is 2.31 bits per heavy atom. The fourth-order valence-corrected chi connectivity index (χ4v) is 5.64. The molecule has 8 nitrogen and oxygen atoms in total. The molecule has 0 saturated heterocycles. The van der Waals surface area contributed by atoms with Crippen molar-refractivity contribution in [2.45, 2.75) is 32.0 Å². The summed E-state index contributed by atoms with van der Waals surface area (Å²) in [7, 11) is 0. The Morgan fingerprint density at radius 2 is 1.58 bits per heavy atom. The molecule has 0 bridgehead atoms. The molecule has 0 spiro atoms. The van der Waals surface area contributed by atoms with Crippen molar-refractivity contribution in [3.63, 3.8) is 0 Å². The van der Waals surface area contributed by atoms with Gasteiger partial charge in [-0.2, -0.15) is 0 Å². The summed E-state index contributed by atoms with van der Waals surface area (Å²) in [6.45, 7) is 2.39. The van der Waals surface area contributed by atoms with Crippen LogP contribution in [-0.2, 0) is 28.3 Å². The van der Waals surface area contributed by atoms with Crippen molar-refractivity contribution in [2.75, 3.05) is 23.4 Å². The lowest BCUT2D eigenvalue weighted by Gasteiger charge is -2.28. The quantitative estimate of drug-likeness (QED) is 0.191. The Hall–Kier alpha value is -5.05. The standard InChI is InChI=1S/C37H37N3O5/c1-27(12-10-21-34(42)39(22-23-41)25-28-13-4-2-5-14-28)37(45)32-19-8-9-20-33(32)40(36(37)44)26-29-15-11-18-31(24-29)38-35(43)30-16-6-3-7-17-30/h2-20,24,27,41,45H,21-23,25-26H2,1H3,(H,38,43)/b12-10+/t27-,37+/m0/s1. The van der Waals surface area contributed by atoms with Crippen LogP contribution in [0.4, 0.5) is 11.4 Å². The van der Waals surface area contributed by atoms with E-state index in [1.54, 1.807) is 71.3 Å². The van der Waals surface area contributed by atoms with E-state index in [0.717, 1.165) is 11.1 Å². The second kappa shape index (κ2) is 14.2. The van der Waals surface area contributed by atoms with Gasteiger partial charge in [-0.15, -0.1) is 0 Å². The van der Waals surface area contributed by atoms with Gasteiger partial charge in [0.05, 0.1) is 18.8 Å². The first-order valence-electron chi connectivity index (χ1n) is 15.0. The molecule has 1 aliphatic rings. The van der Waals surface area contributed by atoms with Gasteiger partial charge in [0.1, 0.15) is 0 Å². The molecule has 0 radical (unpaired) electrons. The summed E-state index contributed by atoms with van der Waals surface area (Å²) < 4.78 is 0. The highest BCUT2D eigenvalue weighted by Crippen LogP contribution is 2.45. The van der Waals surface area contributed by atoms with Gasteiger partial charge in [0.2, 0.25) is 5.91 Å². The van der Waals surface area contributed by atoms with Gasteiger partial charge < -0.3 is 25.3 Å². The van der Waals surface area contributed by atoms with Crippen molar-refractivity contribution in [3.8, 4) is 0 Å². The van der Waals surface area contributed by atoms with Crippen molar-refractivity contribution >= 4 is 29.1 Å². The Kier molecular flexibility index (Phi) is 9.87. The summed E-state index contributed by atoms with van der Waals surface area (Å²) in [6.07, 6.45) is 3.45. The number of aliphatic hydroxyl groups is 2. The van der Waals surface area contributed by atoms with E-state index in [1.165, 1.54) is 0 Å². The van der Waals surface area contributed by atoms with Crippen LogP contribution in [0.25, 0.3) is 0 Å². The largest absolute Gasteiger partial charge is 0.395 e. The topological polar surface area (TPSA) is 110 Å². The zero-order chi connectivity index (χ0) is 31.8. The summed E-state index contributed by atoms with van der Waals surface area (Å²) in [5, 5.41) is 24.4. The number of nitrogens with zero attached hydrogens (tertiary/aromatic N) is 2. The average molecular weight is 604 g/mol. The average Bonchev–Trinajstić information content (AvgIpc) is 3.28. The lowest BCUT2D eigenvalue weighted by Crippen LogP contribution is -2.44. The molecule has 3 amide bonds. The first-order valence-corrected chi connectivity index (χ1v) is 15.0. The second-order valence-electron chi connectivity index (χ2n) is 11.1. The first kappa shape index (κ1) is 31.4. The van der Waals surface area contributed by atoms with Crippen LogP contribution in [-0.4, -0.2) is 46.0 Å². The predicted molar refractivity (Wildman–Crippen MR) is 174 cm³/mol. The summed E-state index contributed by atoms with van der Waals surface area (Å²) >= 11 is 0. The van der Waals surface area contributed by atoms with Gasteiger partial charge in [0, 0.05) is 42.2 Å². The molecule has 1 aliphatic heterocycles. The number of amides is 3. The van der Waals surface area contributed by atoms with Crippen LogP contribution >= 0.6 is 0 Å². The molecule has 0 saturated carbocycles. The Balaban J connectivity index is 1.29. The first-order chi connectivity index (χ1) is 21.8. The molecule has 45 heavy (non-hydrogen) atoms. The van der Waals surface area contributed by atoms with Crippen molar-refractivity contribution in [1.29, 1.82) is 0 Å². The normalized spacial score (nSPS) is 16.4. The third kappa shape index (κ3) is 7.03. The zero-order valence-electron chi connectivity index (χ0n) is 25.2. The maximum absolute atomic E-state index is 13.9. The van der Waals surface area contributed by atoms with E-state index >= 15 is 0 Å². The molecule has 0 aromatic heterocycles. The number of nitrogens with one attached hydrogen (secondary N) is 1. The molecule has 5 rings (SSSR count). The van der Waals surface area contributed by atoms with Crippen LogP contribution in [0.3, 0.4) is 0 Å². The van der Waals surface area contributed by atoms with Crippen molar-refractivity contribution in [1.82, 2.24) is 4.90 Å². The minimum Gasteiger partial charge on any atom is -0.395 e. The molecule has 4 aromatic rings.